The topological polar surface area (TPSA) is 88.1 Å². The molecule has 2 fully saturated rings. The van der Waals surface area contributed by atoms with Crippen molar-refractivity contribution in [2.45, 2.75) is 75.9 Å². The molecule has 0 spiro atoms. The van der Waals surface area contributed by atoms with E-state index in [9.17, 15) is 9.59 Å². The monoisotopic (exact) mass is 413 g/mol. The standard InChI is InChI=1S/C21H27N5O2S/c27-20(23-15-8-4-5-9-15)19(17-12-6-7-13-22-17)26(16-10-2-1-3-11-16)21(28)18-14-29-25-24-18/h6-7,12-16,19H,1-5,8-11H2,(H,23,27)/t19-/m0/s1. The maximum atomic E-state index is 13.5. The van der Waals surface area contributed by atoms with Gasteiger partial charge in [-0.3, -0.25) is 14.6 Å². The zero-order valence-corrected chi connectivity index (χ0v) is 17.3. The lowest BCUT2D eigenvalue weighted by atomic mass is 9.92. The molecule has 2 aromatic heterocycles. The first-order valence-electron chi connectivity index (χ1n) is 10.5. The molecule has 29 heavy (non-hydrogen) atoms. The second kappa shape index (κ2) is 9.43. The maximum absolute atomic E-state index is 13.5. The first kappa shape index (κ1) is 19.9. The summed E-state index contributed by atoms with van der Waals surface area (Å²) >= 11 is 1.15. The van der Waals surface area contributed by atoms with Gasteiger partial charge in [0.1, 0.15) is 0 Å². The van der Waals surface area contributed by atoms with Gasteiger partial charge in [0, 0.05) is 23.7 Å². The third kappa shape index (κ3) is 4.63. The van der Waals surface area contributed by atoms with Gasteiger partial charge in [0.05, 0.1) is 5.69 Å². The van der Waals surface area contributed by atoms with Crippen molar-refractivity contribution in [2.24, 2.45) is 0 Å². The van der Waals surface area contributed by atoms with Crippen molar-refractivity contribution in [3.8, 4) is 0 Å². The normalized spacial score (nSPS) is 19.0. The van der Waals surface area contributed by atoms with E-state index in [1.54, 1.807) is 16.5 Å². The van der Waals surface area contributed by atoms with Crippen LogP contribution < -0.4 is 5.32 Å². The van der Waals surface area contributed by atoms with E-state index in [0.29, 0.717) is 11.4 Å². The van der Waals surface area contributed by atoms with Crippen molar-refractivity contribution in [2.75, 3.05) is 0 Å². The van der Waals surface area contributed by atoms with Gasteiger partial charge < -0.3 is 10.2 Å². The summed E-state index contributed by atoms with van der Waals surface area (Å²) in [6.07, 6.45) is 11.0. The molecule has 0 radical (unpaired) electrons. The molecule has 1 atom stereocenters. The fourth-order valence-electron chi connectivity index (χ4n) is 4.53. The number of nitrogens with one attached hydrogen (secondary N) is 1. The Labute approximate surface area is 175 Å². The van der Waals surface area contributed by atoms with E-state index >= 15 is 0 Å². The first-order valence-corrected chi connectivity index (χ1v) is 11.4. The lowest BCUT2D eigenvalue weighted by molar-refractivity contribution is -0.127. The lowest BCUT2D eigenvalue weighted by Crippen LogP contribution is -2.51. The third-order valence-corrected chi connectivity index (χ3v) is 6.48. The van der Waals surface area contributed by atoms with Crippen LogP contribution in [0.25, 0.3) is 0 Å². The van der Waals surface area contributed by atoms with Crippen LogP contribution in [0.5, 0.6) is 0 Å². The van der Waals surface area contributed by atoms with Crippen LogP contribution in [0.15, 0.2) is 29.8 Å². The first-order chi connectivity index (χ1) is 14.2. The fourth-order valence-corrected chi connectivity index (χ4v) is 4.96. The third-order valence-electron chi connectivity index (χ3n) is 5.98. The second-order valence-electron chi connectivity index (χ2n) is 7.94. The predicted octanol–water partition coefficient (Wildman–Crippen LogP) is 3.51. The highest BCUT2D eigenvalue weighted by Crippen LogP contribution is 2.32. The zero-order valence-electron chi connectivity index (χ0n) is 16.5. The molecule has 4 rings (SSSR count). The molecule has 7 nitrogen and oxygen atoms in total. The lowest BCUT2D eigenvalue weighted by Gasteiger charge is -2.39. The van der Waals surface area contributed by atoms with Crippen molar-refractivity contribution < 1.29 is 9.59 Å². The molecule has 8 heteroatoms. The van der Waals surface area contributed by atoms with Crippen molar-refractivity contribution in [3.63, 3.8) is 0 Å². The van der Waals surface area contributed by atoms with Gasteiger partial charge in [-0.05, 0) is 49.3 Å². The number of rotatable bonds is 6. The van der Waals surface area contributed by atoms with Crippen molar-refractivity contribution in [1.82, 2.24) is 24.8 Å². The van der Waals surface area contributed by atoms with Gasteiger partial charge in [-0.15, -0.1) is 5.10 Å². The second-order valence-corrected chi connectivity index (χ2v) is 8.55. The minimum Gasteiger partial charge on any atom is -0.351 e. The Balaban J connectivity index is 1.70. The van der Waals surface area contributed by atoms with E-state index in [4.69, 9.17) is 0 Å². The zero-order chi connectivity index (χ0) is 20.1. The van der Waals surface area contributed by atoms with E-state index in [-0.39, 0.29) is 23.9 Å². The van der Waals surface area contributed by atoms with E-state index in [0.717, 1.165) is 62.9 Å². The maximum Gasteiger partial charge on any atom is 0.276 e. The number of hydrogen-bond acceptors (Lipinski definition) is 6. The molecular formula is C21H27N5O2S. The number of carbonyl (C=O) groups is 2. The number of amides is 2. The van der Waals surface area contributed by atoms with Crippen molar-refractivity contribution in [1.29, 1.82) is 0 Å². The highest BCUT2D eigenvalue weighted by atomic mass is 32.1. The van der Waals surface area contributed by atoms with Gasteiger partial charge in [-0.25, -0.2) is 0 Å². The number of hydrogen-bond donors (Lipinski definition) is 1. The van der Waals surface area contributed by atoms with E-state index in [2.05, 4.69) is 19.9 Å². The number of carbonyl (C=O) groups excluding carboxylic acids is 2. The molecule has 2 heterocycles. The Bertz CT molecular complexity index is 802. The summed E-state index contributed by atoms with van der Waals surface area (Å²) in [5.41, 5.74) is 0.903. The summed E-state index contributed by atoms with van der Waals surface area (Å²) in [5, 5.41) is 8.84. The van der Waals surface area contributed by atoms with Crippen LogP contribution in [0.4, 0.5) is 0 Å². The predicted molar refractivity (Wildman–Crippen MR) is 110 cm³/mol. The van der Waals surface area contributed by atoms with Crippen LogP contribution in [0, 0.1) is 0 Å². The SMILES string of the molecule is O=C(NC1CCCC1)[C@H](c1ccccn1)N(C(=O)c1csnn1)C1CCCCC1. The molecule has 2 amide bonds. The van der Waals surface area contributed by atoms with Crippen LogP contribution in [0.2, 0.25) is 0 Å². The molecule has 0 bridgehead atoms. The molecule has 2 aliphatic rings. The molecule has 2 aliphatic carbocycles. The summed E-state index contributed by atoms with van der Waals surface area (Å²) < 4.78 is 3.86. The summed E-state index contributed by atoms with van der Waals surface area (Å²) in [6.45, 7) is 0. The number of nitrogens with zero attached hydrogens (tertiary/aromatic N) is 4. The molecule has 0 aromatic carbocycles. The molecule has 154 valence electrons. The quantitative estimate of drug-likeness (QED) is 0.783. The molecule has 2 aromatic rings. The van der Waals surface area contributed by atoms with E-state index < -0.39 is 6.04 Å². The Kier molecular flexibility index (Phi) is 6.49. The highest BCUT2D eigenvalue weighted by molar-refractivity contribution is 7.03. The molecule has 2 saturated carbocycles. The smallest absolute Gasteiger partial charge is 0.276 e. The van der Waals surface area contributed by atoms with Crippen LogP contribution >= 0.6 is 11.5 Å². The van der Waals surface area contributed by atoms with Crippen LogP contribution in [0.1, 0.15) is 80.0 Å². The van der Waals surface area contributed by atoms with Gasteiger partial charge in [-0.1, -0.05) is 42.7 Å². The van der Waals surface area contributed by atoms with Crippen molar-refractivity contribution in [3.05, 3.63) is 41.2 Å². The van der Waals surface area contributed by atoms with Crippen LogP contribution in [-0.2, 0) is 4.79 Å². The van der Waals surface area contributed by atoms with Gasteiger partial charge in [-0.2, -0.15) is 0 Å². The minimum absolute atomic E-state index is 0.000663. The Morgan fingerprint density at radius 2 is 1.83 bits per heavy atom. The van der Waals surface area contributed by atoms with E-state index in [1.165, 1.54) is 6.42 Å². The largest absolute Gasteiger partial charge is 0.351 e. The molecule has 0 aliphatic heterocycles. The van der Waals surface area contributed by atoms with Gasteiger partial charge in [0.25, 0.3) is 5.91 Å². The summed E-state index contributed by atoms with van der Waals surface area (Å²) in [4.78, 5) is 33.2. The van der Waals surface area contributed by atoms with E-state index in [1.807, 2.05) is 18.2 Å². The van der Waals surface area contributed by atoms with Gasteiger partial charge in [0.15, 0.2) is 11.7 Å². The highest BCUT2D eigenvalue weighted by Gasteiger charge is 2.39. The molecule has 0 unspecified atom stereocenters. The Morgan fingerprint density at radius 3 is 2.48 bits per heavy atom. The van der Waals surface area contributed by atoms with Gasteiger partial charge >= 0.3 is 0 Å². The number of pyridine rings is 1. The van der Waals surface area contributed by atoms with Gasteiger partial charge in [0.2, 0.25) is 5.91 Å². The number of aromatic nitrogens is 3. The Morgan fingerprint density at radius 1 is 1.07 bits per heavy atom. The average molecular weight is 414 g/mol. The summed E-state index contributed by atoms with van der Waals surface area (Å²) in [7, 11) is 0. The summed E-state index contributed by atoms with van der Waals surface area (Å²) in [6, 6.07) is 4.95. The molecule has 0 saturated heterocycles. The van der Waals surface area contributed by atoms with Crippen molar-refractivity contribution >= 4 is 23.3 Å². The minimum atomic E-state index is -0.755. The van der Waals surface area contributed by atoms with Crippen LogP contribution in [-0.4, -0.2) is 43.4 Å². The molecule has 1 N–H and O–H groups in total. The summed E-state index contributed by atoms with van der Waals surface area (Å²) in [5.74, 6) is -0.374. The average Bonchev–Trinajstić information content (AvgIpc) is 3.47. The Hall–Kier alpha value is -2.35. The van der Waals surface area contributed by atoms with Crippen LogP contribution in [0.3, 0.4) is 0 Å². The molecular weight excluding hydrogens is 386 g/mol. The fraction of sp³-hybridized carbons (Fsp3) is 0.571.